The fourth-order valence-corrected chi connectivity index (χ4v) is 1.88. The molecule has 0 aromatic carbocycles. The van der Waals surface area contributed by atoms with Gasteiger partial charge >= 0.3 is 0 Å². The van der Waals surface area contributed by atoms with Crippen molar-refractivity contribution >= 4 is 12.0 Å². The first kappa shape index (κ1) is 13.2. The Kier molecular flexibility index (Phi) is 3.78. The monoisotopic (exact) mass is 253 g/mol. The van der Waals surface area contributed by atoms with Crippen molar-refractivity contribution < 1.29 is 9.47 Å². The van der Waals surface area contributed by atoms with Gasteiger partial charge in [-0.15, -0.1) is 0 Å². The first-order chi connectivity index (χ1) is 8.49. The fraction of sp³-hybridized carbons (Fsp3) is 0.846. The average Bonchev–Trinajstić information content (AvgIpc) is 2.97. The van der Waals surface area contributed by atoms with Crippen LogP contribution in [0.1, 0.15) is 27.7 Å². The van der Waals surface area contributed by atoms with Crippen LogP contribution in [0, 0.1) is 11.8 Å². The number of rotatable bonds is 2. The number of aliphatic imine (C=N–C) groups is 2. The number of nitrogens with zero attached hydrogens (tertiary/aromatic N) is 3. The van der Waals surface area contributed by atoms with Crippen LogP contribution >= 0.6 is 0 Å². The van der Waals surface area contributed by atoms with E-state index in [0.29, 0.717) is 37.1 Å². The molecule has 2 aliphatic rings. The lowest BCUT2D eigenvalue weighted by molar-refractivity contribution is 0.242. The number of ether oxygens (including phenoxy) is 2. The molecule has 0 spiro atoms. The third-order valence-electron chi connectivity index (χ3n) is 3.43. The van der Waals surface area contributed by atoms with Gasteiger partial charge in [0, 0.05) is 7.05 Å². The number of amidine groups is 2. The predicted octanol–water partition coefficient (Wildman–Crippen LogP) is 1.74. The summed E-state index contributed by atoms with van der Waals surface area (Å²) in [5, 5.41) is 0. The maximum atomic E-state index is 5.61. The fourth-order valence-electron chi connectivity index (χ4n) is 1.88. The van der Waals surface area contributed by atoms with Crippen molar-refractivity contribution in [3.63, 3.8) is 0 Å². The summed E-state index contributed by atoms with van der Waals surface area (Å²) in [6.07, 6.45) is 0. The Hall–Kier alpha value is -1.26. The van der Waals surface area contributed by atoms with Crippen molar-refractivity contribution in [2.75, 3.05) is 20.3 Å². The smallest absolute Gasteiger partial charge is 0.295 e. The highest BCUT2D eigenvalue weighted by molar-refractivity contribution is 5.94. The van der Waals surface area contributed by atoms with Gasteiger partial charge in [-0.2, -0.15) is 0 Å². The van der Waals surface area contributed by atoms with Gasteiger partial charge in [0.05, 0.1) is 12.1 Å². The maximum absolute atomic E-state index is 5.61. The van der Waals surface area contributed by atoms with E-state index in [1.54, 1.807) is 0 Å². The molecule has 0 aliphatic carbocycles. The van der Waals surface area contributed by atoms with E-state index in [9.17, 15) is 0 Å². The third-order valence-corrected chi connectivity index (χ3v) is 3.43. The van der Waals surface area contributed by atoms with E-state index in [1.807, 2.05) is 11.9 Å². The highest BCUT2D eigenvalue weighted by Gasteiger charge is 2.30. The second kappa shape index (κ2) is 5.16. The SMILES string of the molecule is CC(C)C1COC(N(C)C2=NC(C(C)C)CO2)=N1. The lowest BCUT2D eigenvalue weighted by Gasteiger charge is -2.15. The van der Waals surface area contributed by atoms with Crippen molar-refractivity contribution in [1.29, 1.82) is 0 Å². The molecule has 5 nitrogen and oxygen atoms in total. The van der Waals surface area contributed by atoms with Crippen LogP contribution in [0.4, 0.5) is 0 Å². The summed E-state index contributed by atoms with van der Waals surface area (Å²) in [7, 11) is 1.89. The third kappa shape index (κ3) is 2.60. The van der Waals surface area contributed by atoms with Crippen LogP contribution in [-0.4, -0.2) is 49.3 Å². The molecule has 0 radical (unpaired) electrons. The molecule has 5 heteroatoms. The molecule has 2 unspecified atom stereocenters. The van der Waals surface area contributed by atoms with Crippen molar-refractivity contribution in [1.82, 2.24) is 4.90 Å². The lowest BCUT2D eigenvalue weighted by Crippen LogP contribution is -2.33. The van der Waals surface area contributed by atoms with Gasteiger partial charge in [-0.25, -0.2) is 9.98 Å². The summed E-state index contributed by atoms with van der Waals surface area (Å²) in [5.74, 6) is 0.983. The molecular weight excluding hydrogens is 230 g/mol. The van der Waals surface area contributed by atoms with Crippen LogP contribution in [0.15, 0.2) is 9.98 Å². The van der Waals surface area contributed by atoms with Gasteiger partial charge in [0.15, 0.2) is 0 Å². The van der Waals surface area contributed by atoms with Gasteiger partial charge in [0.2, 0.25) is 0 Å². The lowest BCUT2D eigenvalue weighted by atomic mass is 10.1. The average molecular weight is 253 g/mol. The van der Waals surface area contributed by atoms with Crippen LogP contribution in [-0.2, 0) is 9.47 Å². The molecule has 0 amide bonds. The Bertz CT molecular complexity index is 329. The van der Waals surface area contributed by atoms with Gasteiger partial charge in [-0.05, 0) is 11.8 Å². The van der Waals surface area contributed by atoms with E-state index in [4.69, 9.17) is 9.47 Å². The normalized spacial score (nSPS) is 27.1. The van der Waals surface area contributed by atoms with Crippen LogP contribution in [0.2, 0.25) is 0 Å². The van der Waals surface area contributed by atoms with Crippen LogP contribution in [0.3, 0.4) is 0 Å². The van der Waals surface area contributed by atoms with Gasteiger partial charge in [0.1, 0.15) is 13.2 Å². The van der Waals surface area contributed by atoms with E-state index >= 15 is 0 Å². The Morgan fingerprint density at radius 1 is 0.944 bits per heavy atom. The van der Waals surface area contributed by atoms with Gasteiger partial charge in [-0.3, -0.25) is 4.90 Å². The molecule has 0 aromatic heterocycles. The first-order valence-corrected chi connectivity index (χ1v) is 6.64. The van der Waals surface area contributed by atoms with E-state index < -0.39 is 0 Å². The minimum absolute atomic E-state index is 0.241. The topological polar surface area (TPSA) is 46.4 Å². The molecule has 2 atom stereocenters. The molecule has 2 rings (SSSR count). The number of hydrogen-bond donors (Lipinski definition) is 0. The van der Waals surface area contributed by atoms with Gasteiger partial charge < -0.3 is 9.47 Å². The molecule has 0 fully saturated rings. The zero-order valence-electron chi connectivity index (χ0n) is 11.9. The quantitative estimate of drug-likeness (QED) is 0.753. The van der Waals surface area contributed by atoms with Crippen LogP contribution < -0.4 is 0 Å². The zero-order chi connectivity index (χ0) is 13.3. The van der Waals surface area contributed by atoms with Gasteiger partial charge in [-0.1, -0.05) is 27.7 Å². The highest BCUT2D eigenvalue weighted by Crippen LogP contribution is 2.18. The standard InChI is InChI=1S/C13H23N3O2/c1-8(2)10-6-17-12(14-10)16(5)13-15-11(7-18-13)9(3)4/h8-11H,6-7H2,1-5H3. The minimum Gasteiger partial charge on any atom is -0.463 e. The van der Waals surface area contributed by atoms with E-state index in [2.05, 4.69) is 37.7 Å². The molecule has 0 saturated heterocycles. The molecule has 18 heavy (non-hydrogen) atoms. The number of hydrogen-bond acceptors (Lipinski definition) is 5. The molecule has 0 aromatic rings. The summed E-state index contributed by atoms with van der Waals surface area (Å²) in [5.41, 5.74) is 0. The van der Waals surface area contributed by atoms with Crippen LogP contribution in [0.25, 0.3) is 0 Å². The molecule has 2 heterocycles. The summed E-state index contributed by atoms with van der Waals surface area (Å²) >= 11 is 0. The predicted molar refractivity (Wildman–Crippen MR) is 71.8 cm³/mol. The van der Waals surface area contributed by atoms with Crippen molar-refractivity contribution in [3.05, 3.63) is 0 Å². The minimum atomic E-state index is 0.241. The summed E-state index contributed by atoms with van der Waals surface area (Å²) in [6, 6.07) is 1.73. The van der Waals surface area contributed by atoms with Crippen molar-refractivity contribution in [3.8, 4) is 0 Å². The maximum Gasteiger partial charge on any atom is 0.295 e. The Balaban J connectivity index is 2.03. The summed E-state index contributed by atoms with van der Waals surface area (Å²) in [6.45, 7) is 9.91. The molecule has 0 bridgehead atoms. The zero-order valence-corrected chi connectivity index (χ0v) is 11.9. The van der Waals surface area contributed by atoms with Crippen molar-refractivity contribution in [2.24, 2.45) is 21.8 Å². The molecule has 0 N–H and O–H groups in total. The second-order valence-corrected chi connectivity index (χ2v) is 5.63. The van der Waals surface area contributed by atoms with Crippen LogP contribution in [0.5, 0.6) is 0 Å². The molecule has 2 aliphatic heterocycles. The Labute approximate surface area is 109 Å². The summed E-state index contributed by atoms with van der Waals surface area (Å²) in [4.78, 5) is 10.9. The van der Waals surface area contributed by atoms with Gasteiger partial charge in [0.25, 0.3) is 12.0 Å². The Morgan fingerprint density at radius 2 is 1.33 bits per heavy atom. The van der Waals surface area contributed by atoms with E-state index in [1.165, 1.54) is 0 Å². The summed E-state index contributed by atoms with van der Waals surface area (Å²) < 4.78 is 11.2. The molecular formula is C13H23N3O2. The second-order valence-electron chi connectivity index (χ2n) is 5.63. The van der Waals surface area contributed by atoms with Crippen molar-refractivity contribution in [2.45, 2.75) is 39.8 Å². The first-order valence-electron chi connectivity index (χ1n) is 6.64. The molecule has 0 saturated carbocycles. The van der Waals surface area contributed by atoms with E-state index in [-0.39, 0.29) is 12.1 Å². The Morgan fingerprint density at radius 3 is 1.61 bits per heavy atom. The van der Waals surface area contributed by atoms with E-state index in [0.717, 1.165) is 0 Å². The molecule has 102 valence electrons. The highest BCUT2D eigenvalue weighted by atomic mass is 16.5. The largest absolute Gasteiger partial charge is 0.463 e.